The van der Waals surface area contributed by atoms with E-state index in [9.17, 15) is 5.11 Å². The van der Waals surface area contributed by atoms with Crippen LogP contribution in [0.15, 0.2) is 30.6 Å². The Hall–Kier alpha value is -1.86. The molecule has 1 heterocycles. The molecular formula is C9H6ClN3O. The van der Waals surface area contributed by atoms with Crippen LogP contribution >= 0.6 is 0 Å². The smallest absolute Gasteiger partial charge is 0.435 e. The summed E-state index contributed by atoms with van der Waals surface area (Å²) in [7, 11) is 0. The number of hydrogen-bond acceptors (Lipinski definition) is 3. The van der Waals surface area contributed by atoms with E-state index in [-0.39, 0.29) is 23.8 Å². The van der Waals surface area contributed by atoms with Crippen molar-refractivity contribution >= 4 is 16.5 Å². The van der Waals surface area contributed by atoms with E-state index in [1.54, 1.807) is 24.5 Å². The second-order valence-corrected chi connectivity index (χ2v) is 2.63. The zero-order chi connectivity index (χ0) is 9.26. The van der Waals surface area contributed by atoms with Gasteiger partial charge in [-0.1, -0.05) is 0 Å². The molecule has 2 aromatic rings. The number of fused-ring (bicyclic) bond motifs is 1. The molecule has 1 N–H and O–H groups in total. The third-order valence-corrected chi connectivity index (χ3v) is 1.87. The lowest BCUT2D eigenvalue weighted by atomic mass is 10.1. The molecule has 0 aliphatic heterocycles. The Morgan fingerprint density at radius 2 is 2.07 bits per heavy atom. The van der Waals surface area contributed by atoms with Gasteiger partial charge in [0.25, 0.3) is 0 Å². The molecule has 0 saturated carbocycles. The number of pyridine rings is 1. The number of hydrogen-bond donors (Lipinski definition) is 1. The van der Waals surface area contributed by atoms with Gasteiger partial charge in [0.2, 0.25) is 11.1 Å². The van der Waals surface area contributed by atoms with E-state index in [1.165, 1.54) is 6.07 Å². The van der Waals surface area contributed by atoms with Gasteiger partial charge in [-0.2, -0.15) is 0 Å². The summed E-state index contributed by atoms with van der Waals surface area (Å²) in [6.45, 7) is 0. The highest BCUT2D eigenvalue weighted by Crippen LogP contribution is 2.33. The first-order valence-electron chi connectivity index (χ1n) is 3.73. The van der Waals surface area contributed by atoms with Crippen LogP contribution in [0.2, 0.25) is 0 Å². The molecule has 14 heavy (non-hydrogen) atoms. The van der Waals surface area contributed by atoms with Crippen molar-refractivity contribution in [2.45, 2.75) is 0 Å². The van der Waals surface area contributed by atoms with E-state index in [0.29, 0.717) is 5.39 Å². The standard InChI is InChI=1S/C9H5N3O.ClH/c10-12-9-7-5-11-4-3-6(7)1-2-8(9)13;/h1-5H;1H. The van der Waals surface area contributed by atoms with Crippen molar-refractivity contribution in [2.24, 2.45) is 0 Å². The fourth-order valence-corrected chi connectivity index (χ4v) is 1.24. The number of phenolic OH excluding ortho intramolecular Hbond substituents is 1. The van der Waals surface area contributed by atoms with Gasteiger partial charge in [0.15, 0.2) is 4.98 Å². The van der Waals surface area contributed by atoms with Crippen LogP contribution in [-0.4, -0.2) is 10.1 Å². The van der Waals surface area contributed by atoms with Gasteiger partial charge >= 0.3 is 5.69 Å². The molecular weight excluding hydrogens is 202 g/mol. The average Bonchev–Trinajstić information content (AvgIpc) is 2.18. The molecule has 0 saturated heterocycles. The van der Waals surface area contributed by atoms with Crippen LogP contribution in [-0.2, 0) is 0 Å². The van der Waals surface area contributed by atoms with Crippen molar-refractivity contribution < 1.29 is 17.5 Å². The lowest BCUT2D eigenvalue weighted by molar-refractivity contribution is -0.00000383. The van der Waals surface area contributed by atoms with Gasteiger partial charge in [0, 0.05) is 12.4 Å². The lowest BCUT2D eigenvalue weighted by Crippen LogP contribution is -3.00. The van der Waals surface area contributed by atoms with E-state index in [0.717, 1.165) is 5.39 Å². The zero-order valence-corrected chi connectivity index (χ0v) is 7.81. The number of phenols is 1. The molecule has 0 aliphatic carbocycles. The van der Waals surface area contributed by atoms with E-state index in [4.69, 9.17) is 5.39 Å². The number of aromatic nitrogens is 1. The predicted octanol–water partition coefficient (Wildman–Crippen LogP) is -0.571. The fraction of sp³-hybridized carbons (Fsp3) is 0. The van der Waals surface area contributed by atoms with Gasteiger partial charge in [0.1, 0.15) is 0 Å². The maximum atomic E-state index is 9.33. The maximum absolute atomic E-state index is 9.33. The summed E-state index contributed by atoms with van der Waals surface area (Å²) < 4.78 is 0. The molecule has 0 amide bonds. The summed E-state index contributed by atoms with van der Waals surface area (Å²) >= 11 is 0. The topological polar surface area (TPSA) is 61.3 Å². The van der Waals surface area contributed by atoms with Crippen LogP contribution in [0.3, 0.4) is 0 Å². The molecule has 2 rings (SSSR count). The minimum atomic E-state index is -0.0528. The summed E-state index contributed by atoms with van der Waals surface area (Å²) in [6, 6.07) is 5.00. The predicted molar refractivity (Wildman–Crippen MR) is 48.2 cm³/mol. The Bertz CT molecular complexity index is 507. The second kappa shape index (κ2) is 3.90. The molecule has 4 nitrogen and oxygen atoms in total. The third kappa shape index (κ3) is 1.45. The number of halogens is 1. The van der Waals surface area contributed by atoms with Crippen LogP contribution in [0.1, 0.15) is 0 Å². The first-order valence-corrected chi connectivity index (χ1v) is 3.73. The summed E-state index contributed by atoms with van der Waals surface area (Å²) in [4.78, 5) is 6.89. The Labute approximate surface area is 86.2 Å². The molecule has 1 aromatic heterocycles. The zero-order valence-electron chi connectivity index (χ0n) is 7.05. The van der Waals surface area contributed by atoms with Crippen molar-refractivity contribution in [2.75, 3.05) is 0 Å². The van der Waals surface area contributed by atoms with Gasteiger partial charge in [-0.15, -0.1) is 0 Å². The van der Waals surface area contributed by atoms with Gasteiger partial charge in [-0.25, -0.2) is 0 Å². The van der Waals surface area contributed by atoms with Crippen LogP contribution in [0.5, 0.6) is 5.75 Å². The Balaban J connectivity index is 0.000000980. The SMILES string of the molecule is N#[N+]c1c(O)ccc2ccncc12.[Cl-]. The largest absolute Gasteiger partial charge is 1.00 e. The first-order chi connectivity index (χ1) is 6.33. The van der Waals surface area contributed by atoms with E-state index in [1.807, 2.05) is 0 Å². The summed E-state index contributed by atoms with van der Waals surface area (Å²) in [6.07, 6.45) is 3.19. The average molecular weight is 208 g/mol. The van der Waals surface area contributed by atoms with Crippen molar-refractivity contribution in [3.8, 4) is 5.75 Å². The first kappa shape index (κ1) is 10.2. The minimum Gasteiger partial charge on any atom is -1.00 e. The molecule has 0 spiro atoms. The number of nitrogens with zero attached hydrogens (tertiary/aromatic N) is 3. The van der Waals surface area contributed by atoms with Gasteiger partial charge in [0.05, 0.1) is 5.39 Å². The summed E-state index contributed by atoms with van der Waals surface area (Å²) in [5.74, 6) is -0.0528. The van der Waals surface area contributed by atoms with Crippen molar-refractivity contribution in [3.63, 3.8) is 0 Å². The number of diazo groups is 1. The van der Waals surface area contributed by atoms with E-state index < -0.39 is 0 Å². The monoisotopic (exact) mass is 207 g/mol. The van der Waals surface area contributed by atoms with Crippen molar-refractivity contribution in [1.82, 2.24) is 4.98 Å². The van der Waals surface area contributed by atoms with Crippen LogP contribution < -0.4 is 12.4 Å². The Morgan fingerprint density at radius 3 is 2.79 bits per heavy atom. The second-order valence-electron chi connectivity index (χ2n) is 2.63. The molecule has 0 atom stereocenters. The van der Waals surface area contributed by atoms with Crippen LogP contribution in [0.4, 0.5) is 5.69 Å². The molecule has 0 radical (unpaired) electrons. The van der Waals surface area contributed by atoms with E-state index >= 15 is 0 Å². The minimum absolute atomic E-state index is 0. The molecule has 70 valence electrons. The molecule has 5 heteroatoms. The van der Waals surface area contributed by atoms with E-state index in [2.05, 4.69) is 9.96 Å². The summed E-state index contributed by atoms with van der Waals surface area (Å²) in [5, 5.41) is 19.5. The number of rotatable bonds is 0. The van der Waals surface area contributed by atoms with Crippen LogP contribution in [0.25, 0.3) is 15.7 Å². The highest BCUT2D eigenvalue weighted by atomic mass is 35.5. The quantitative estimate of drug-likeness (QED) is 0.589. The fourth-order valence-electron chi connectivity index (χ4n) is 1.24. The normalized spacial score (nSPS) is 9.07. The highest BCUT2D eigenvalue weighted by Gasteiger charge is 2.17. The van der Waals surface area contributed by atoms with Crippen LogP contribution in [0, 0.1) is 5.39 Å². The molecule has 0 unspecified atom stereocenters. The van der Waals surface area contributed by atoms with Gasteiger partial charge < -0.3 is 17.5 Å². The molecule has 0 fully saturated rings. The van der Waals surface area contributed by atoms with Gasteiger partial charge in [-0.05, 0) is 23.6 Å². The third-order valence-electron chi connectivity index (χ3n) is 1.87. The molecule has 0 bridgehead atoms. The summed E-state index contributed by atoms with van der Waals surface area (Å²) in [5.41, 5.74) is 0.158. The highest BCUT2D eigenvalue weighted by molar-refractivity contribution is 5.96. The Morgan fingerprint density at radius 1 is 1.29 bits per heavy atom. The van der Waals surface area contributed by atoms with Gasteiger partial charge in [-0.3, -0.25) is 4.98 Å². The number of benzene rings is 1. The lowest BCUT2D eigenvalue weighted by Gasteiger charge is -1.93. The van der Waals surface area contributed by atoms with Crippen molar-refractivity contribution in [1.29, 1.82) is 5.39 Å². The molecule has 1 aromatic carbocycles. The molecule has 0 aliphatic rings. The maximum Gasteiger partial charge on any atom is 0.435 e. The Kier molecular flexibility index (Phi) is 2.85. The van der Waals surface area contributed by atoms with Crippen molar-refractivity contribution in [3.05, 3.63) is 35.6 Å². The number of aromatic hydroxyl groups is 1.